The molecular weight excluding hydrogens is 835 g/mol. The van der Waals surface area contributed by atoms with Crippen molar-refractivity contribution >= 4 is 47.4 Å². The molecule has 0 saturated heterocycles. The number of carbonyl (C=O) groups is 8. The van der Waals surface area contributed by atoms with E-state index >= 15 is 0 Å². The first kappa shape index (κ1) is 55.6. The van der Waals surface area contributed by atoms with Gasteiger partial charge in [0, 0.05) is 44.8 Å². The fraction of sp³-hybridized carbons (Fsp3) is 0.633. The summed E-state index contributed by atoms with van der Waals surface area (Å²) in [7, 11) is 2.85. The Morgan fingerprint density at radius 1 is 0.892 bits per heavy atom. The molecule has 5 amide bonds. The molecule has 362 valence electrons. The largest absolute Gasteiger partial charge is 0.462 e. The third-order valence-corrected chi connectivity index (χ3v) is 11.8. The lowest BCUT2D eigenvalue weighted by Crippen LogP contribution is -2.57. The van der Waals surface area contributed by atoms with E-state index in [2.05, 4.69) is 16.0 Å². The van der Waals surface area contributed by atoms with E-state index in [4.69, 9.17) is 14.2 Å². The minimum Gasteiger partial charge on any atom is -0.462 e. The number of likely N-dealkylation sites (N-methyl/N-ethyl adjacent to an activating group) is 2. The van der Waals surface area contributed by atoms with Gasteiger partial charge in [-0.3, -0.25) is 28.8 Å². The maximum Gasteiger partial charge on any atom is 0.334 e. The molecule has 0 saturated carbocycles. The standard InChI is InChI=1S/C49H75N5O11/c1-14-17-23-41(56)63-38-25-24-32(8)48(61)64-39(26-29(4)5)44(57)50-34(10)46(59)54(13)37(27-36-21-19-18-20-22-36)47(60)53(12)28-40(55)52-42(30(6)15-2)45(58)51-35(11)49(62)65-43(33(38)9)31(7)16-3/h16,18-22,24,29-30,33-35,37-39,42-43H,14-15,17,23,25-28H2,1-13H3,(H,50,57)(H,51,58)(H,52,55)/b31-16+,32-24+/t30?,33-,34-,35-,37+,38-,39+,42-,43+/m0/s1. The lowest BCUT2D eigenvalue weighted by atomic mass is 9.90. The quantitative estimate of drug-likeness (QED) is 0.153. The maximum atomic E-state index is 14.2. The number of amides is 5. The van der Waals surface area contributed by atoms with Crippen molar-refractivity contribution in [3.05, 3.63) is 59.2 Å². The van der Waals surface area contributed by atoms with Gasteiger partial charge in [0.15, 0.2) is 6.10 Å². The Hall–Kier alpha value is -5.54. The topological polar surface area (TPSA) is 207 Å². The second kappa shape index (κ2) is 27.1. The van der Waals surface area contributed by atoms with Crippen molar-refractivity contribution in [3.63, 3.8) is 0 Å². The van der Waals surface area contributed by atoms with Crippen molar-refractivity contribution in [1.82, 2.24) is 25.8 Å². The molecule has 65 heavy (non-hydrogen) atoms. The van der Waals surface area contributed by atoms with Gasteiger partial charge >= 0.3 is 17.9 Å². The molecular formula is C49H75N5O11. The molecule has 1 aliphatic rings. The van der Waals surface area contributed by atoms with Crippen LogP contribution in [0.5, 0.6) is 0 Å². The third kappa shape index (κ3) is 17.4. The Bertz CT molecular complexity index is 1860. The van der Waals surface area contributed by atoms with Crippen molar-refractivity contribution in [2.45, 2.75) is 164 Å². The summed E-state index contributed by atoms with van der Waals surface area (Å²) in [4.78, 5) is 112. The number of benzene rings is 1. The molecule has 0 bridgehead atoms. The monoisotopic (exact) mass is 910 g/mol. The van der Waals surface area contributed by atoms with Crippen LogP contribution in [0.3, 0.4) is 0 Å². The molecule has 0 aromatic heterocycles. The summed E-state index contributed by atoms with van der Waals surface area (Å²) in [6.45, 7) is 18.5. The van der Waals surface area contributed by atoms with Crippen LogP contribution < -0.4 is 16.0 Å². The number of hydrogen-bond donors (Lipinski definition) is 3. The molecule has 1 heterocycles. The SMILES string of the molecule is C/C=C(\C)[C@H]1OC(=O)[C@H](C)NC(=O)[C@H](C(C)CC)NC(=O)CN(C)C(=O)[C@@H](Cc2ccccc2)N(C)C(=O)[C@H](C)NC(=O)[C@@H](CC(C)C)OC(=O)/C(C)=C/C[C@H](OC(=O)CCCC)[C@@H]1C. The molecule has 3 N–H and O–H groups in total. The second-order valence-electron chi connectivity index (χ2n) is 17.8. The van der Waals surface area contributed by atoms with Crippen LogP contribution in [0, 0.1) is 17.8 Å². The fourth-order valence-corrected chi connectivity index (χ4v) is 7.24. The van der Waals surface area contributed by atoms with Gasteiger partial charge in [0.1, 0.15) is 36.4 Å². The Morgan fingerprint density at radius 3 is 2.11 bits per heavy atom. The average molecular weight is 910 g/mol. The molecule has 16 nitrogen and oxygen atoms in total. The van der Waals surface area contributed by atoms with Gasteiger partial charge in [-0.25, -0.2) is 9.59 Å². The Balaban J connectivity index is 2.72. The van der Waals surface area contributed by atoms with Gasteiger partial charge in [0.05, 0.1) is 6.54 Å². The minimum atomic E-state index is -1.29. The maximum absolute atomic E-state index is 14.2. The summed E-state index contributed by atoms with van der Waals surface area (Å²) in [5, 5.41) is 8.11. The minimum absolute atomic E-state index is 0.0184. The van der Waals surface area contributed by atoms with Crippen LogP contribution in [-0.2, 0) is 59.0 Å². The summed E-state index contributed by atoms with van der Waals surface area (Å²) < 4.78 is 17.8. The Morgan fingerprint density at radius 2 is 1.52 bits per heavy atom. The Kier molecular flexibility index (Phi) is 23.1. The molecule has 0 spiro atoms. The van der Waals surface area contributed by atoms with Gasteiger partial charge < -0.3 is 40.0 Å². The van der Waals surface area contributed by atoms with Crippen molar-refractivity contribution in [1.29, 1.82) is 0 Å². The van der Waals surface area contributed by atoms with Gasteiger partial charge in [0.25, 0.3) is 5.91 Å². The van der Waals surface area contributed by atoms with Crippen LogP contribution in [0.2, 0.25) is 0 Å². The predicted octanol–water partition coefficient (Wildman–Crippen LogP) is 4.98. The number of nitrogens with zero attached hydrogens (tertiary/aromatic N) is 2. The van der Waals surface area contributed by atoms with Gasteiger partial charge in [-0.15, -0.1) is 0 Å². The van der Waals surface area contributed by atoms with E-state index in [9.17, 15) is 38.4 Å². The molecule has 1 unspecified atom stereocenters. The van der Waals surface area contributed by atoms with Crippen LogP contribution in [-0.4, -0.2) is 120 Å². The van der Waals surface area contributed by atoms with Crippen LogP contribution >= 0.6 is 0 Å². The van der Waals surface area contributed by atoms with Gasteiger partial charge in [0.2, 0.25) is 23.6 Å². The van der Waals surface area contributed by atoms with Crippen LogP contribution in [0.25, 0.3) is 0 Å². The van der Waals surface area contributed by atoms with E-state index in [-0.39, 0.29) is 37.2 Å². The molecule has 1 aromatic rings. The number of allylic oxidation sites excluding steroid dienone is 1. The Labute approximate surface area is 386 Å². The molecule has 1 aromatic carbocycles. The zero-order chi connectivity index (χ0) is 49.1. The number of nitrogens with one attached hydrogen (secondary N) is 3. The van der Waals surface area contributed by atoms with Crippen molar-refractivity contribution in [3.8, 4) is 0 Å². The number of unbranched alkanes of at least 4 members (excludes halogenated alkanes) is 1. The molecule has 9 atom stereocenters. The van der Waals surface area contributed by atoms with E-state index in [1.807, 2.05) is 33.8 Å². The third-order valence-electron chi connectivity index (χ3n) is 11.8. The lowest BCUT2D eigenvalue weighted by Gasteiger charge is -2.33. The van der Waals surface area contributed by atoms with E-state index in [0.29, 0.717) is 18.4 Å². The highest BCUT2D eigenvalue weighted by Crippen LogP contribution is 2.26. The second-order valence-corrected chi connectivity index (χ2v) is 17.8. The van der Waals surface area contributed by atoms with E-state index in [0.717, 1.165) is 12.0 Å². The summed E-state index contributed by atoms with van der Waals surface area (Å²) in [5.41, 5.74) is 1.50. The molecule has 16 heteroatoms. The van der Waals surface area contributed by atoms with Crippen LogP contribution in [0.15, 0.2) is 53.6 Å². The number of rotatable bonds is 11. The first-order valence-electron chi connectivity index (χ1n) is 22.9. The van der Waals surface area contributed by atoms with Gasteiger partial charge in [-0.1, -0.05) is 96.9 Å². The number of ether oxygens (including phenoxy) is 3. The zero-order valence-electron chi connectivity index (χ0n) is 40.9. The first-order chi connectivity index (χ1) is 30.6. The van der Waals surface area contributed by atoms with Crippen LogP contribution in [0.4, 0.5) is 0 Å². The van der Waals surface area contributed by atoms with Crippen molar-refractivity contribution < 1.29 is 52.6 Å². The van der Waals surface area contributed by atoms with Gasteiger partial charge in [-0.05, 0) is 70.4 Å². The lowest BCUT2D eigenvalue weighted by molar-refractivity contribution is -0.160. The number of esters is 3. The summed E-state index contributed by atoms with van der Waals surface area (Å²) in [5.74, 6) is -6.41. The van der Waals surface area contributed by atoms with Crippen molar-refractivity contribution in [2.75, 3.05) is 20.6 Å². The smallest absolute Gasteiger partial charge is 0.334 e. The highest BCUT2D eigenvalue weighted by Gasteiger charge is 2.37. The van der Waals surface area contributed by atoms with Gasteiger partial charge in [-0.2, -0.15) is 0 Å². The average Bonchev–Trinajstić information content (AvgIpc) is 3.27. The summed E-state index contributed by atoms with van der Waals surface area (Å²) >= 11 is 0. The number of carbonyl (C=O) groups excluding carboxylic acids is 8. The fourth-order valence-electron chi connectivity index (χ4n) is 7.24. The van der Waals surface area contributed by atoms with Crippen molar-refractivity contribution in [2.24, 2.45) is 17.8 Å². The molecule has 2 rings (SSSR count). The van der Waals surface area contributed by atoms with Crippen LogP contribution in [0.1, 0.15) is 120 Å². The predicted molar refractivity (Wildman–Crippen MR) is 247 cm³/mol. The highest BCUT2D eigenvalue weighted by atomic mass is 16.6. The van der Waals surface area contributed by atoms with E-state index in [1.54, 1.807) is 64.1 Å². The number of cyclic esters (lactones) is 2. The van der Waals surface area contributed by atoms with E-state index in [1.165, 1.54) is 44.7 Å². The summed E-state index contributed by atoms with van der Waals surface area (Å²) in [6, 6.07) is 4.44. The highest BCUT2D eigenvalue weighted by molar-refractivity contribution is 5.96. The van der Waals surface area contributed by atoms with E-state index < -0.39 is 108 Å². The zero-order valence-corrected chi connectivity index (χ0v) is 40.9. The normalized spacial score (nSPS) is 27.1. The molecule has 0 radical (unpaired) electrons. The number of hydrogen-bond acceptors (Lipinski definition) is 11. The molecule has 1 aliphatic heterocycles. The molecule has 0 fully saturated rings. The summed E-state index contributed by atoms with van der Waals surface area (Å²) in [6.07, 6.45) is 2.39. The molecule has 0 aliphatic carbocycles. The first-order valence-corrected chi connectivity index (χ1v) is 22.9.